The van der Waals surface area contributed by atoms with Crippen molar-refractivity contribution in [3.8, 4) is 5.75 Å². The summed E-state index contributed by atoms with van der Waals surface area (Å²) >= 11 is 0. The topological polar surface area (TPSA) is 58.6 Å². The Balaban J connectivity index is 1.46. The predicted molar refractivity (Wildman–Crippen MR) is 105 cm³/mol. The molecule has 0 saturated carbocycles. The molecule has 0 aromatic heterocycles. The number of amides is 2. The summed E-state index contributed by atoms with van der Waals surface area (Å²) in [7, 11) is 0. The Labute approximate surface area is 160 Å². The molecule has 2 aromatic rings. The van der Waals surface area contributed by atoms with Crippen LogP contribution in [0.1, 0.15) is 40.7 Å². The summed E-state index contributed by atoms with van der Waals surface area (Å²) in [6.07, 6.45) is 2.36. The van der Waals surface area contributed by atoms with Gasteiger partial charge >= 0.3 is 0 Å². The summed E-state index contributed by atoms with van der Waals surface area (Å²) < 4.78 is 5.82. The predicted octanol–water partition coefficient (Wildman–Crippen LogP) is 3.32. The number of rotatable bonds is 8. The average molecular weight is 366 g/mol. The van der Waals surface area contributed by atoms with Crippen LogP contribution in [0.2, 0.25) is 0 Å². The van der Waals surface area contributed by atoms with Crippen LogP contribution in [0.4, 0.5) is 0 Å². The normalized spacial score (nSPS) is 13.7. The number of likely N-dealkylation sites (tertiary alicyclic amines) is 1. The van der Waals surface area contributed by atoms with Crippen LogP contribution >= 0.6 is 0 Å². The Morgan fingerprint density at radius 1 is 1.19 bits per heavy atom. The van der Waals surface area contributed by atoms with Gasteiger partial charge in [0, 0.05) is 31.6 Å². The molecule has 2 aromatic carbocycles. The van der Waals surface area contributed by atoms with Gasteiger partial charge in [0.05, 0.1) is 0 Å². The van der Waals surface area contributed by atoms with Crippen LogP contribution < -0.4 is 10.1 Å². The maximum Gasteiger partial charge on any atom is 0.251 e. The molecular weight excluding hydrogens is 340 g/mol. The van der Waals surface area contributed by atoms with Crippen molar-refractivity contribution in [2.45, 2.75) is 32.8 Å². The maximum absolute atomic E-state index is 12.3. The average Bonchev–Trinajstić information content (AvgIpc) is 3.08. The molecule has 1 saturated heterocycles. The van der Waals surface area contributed by atoms with Crippen LogP contribution in [0, 0.1) is 6.92 Å². The van der Waals surface area contributed by atoms with E-state index in [1.807, 2.05) is 42.2 Å². The van der Waals surface area contributed by atoms with E-state index >= 15 is 0 Å². The largest absolute Gasteiger partial charge is 0.489 e. The van der Waals surface area contributed by atoms with Crippen molar-refractivity contribution in [1.29, 1.82) is 0 Å². The number of ether oxygens (including phenoxy) is 1. The Bertz CT molecular complexity index is 804. The van der Waals surface area contributed by atoms with Gasteiger partial charge in [-0.3, -0.25) is 9.59 Å². The first-order chi connectivity index (χ1) is 13.1. The molecule has 3 rings (SSSR count). The fourth-order valence-electron chi connectivity index (χ4n) is 3.21. The van der Waals surface area contributed by atoms with Gasteiger partial charge in [-0.2, -0.15) is 0 Å². The minimum Gasteiger partial charge on any atom is -0.489 e. The van der Waals surface area contributed by atoms with Crippen molar-refractivity contribution in [1.82, 2.24) is 10.2 Å². The van der Waals surface area contributed by atoms with E-state index in [0.29, 0.717) is 37.4 Å². The second-order valence-corrected chi connectivity index (χ2v) is 6.90. The van der Waals surface area contributed by atoms with Crippen LogP contribution in [0.25, 0.3) is 0 Å². The smallest absolute Gasteiger partial charge is 0.251 e. The minimum atomic E-state index is -0.122. The lowest BCUT2D eigenvalue weighted by Gasteiger charge is -2.15. The number of hydrogen-bond acceptors (Lipinski definition) is 3. The first-order valence-electron chi connectivity index (χ1n) is 9.46. The number of nitrogens with zero attached hydrogens (tertiary/aromatic N) is 1. The molecule has 0 radical (unpaired) electrons. The van der Waals surface area contributed by atoms with Crippen molar-refractivity contribution < 1.29 is 14.3 Å². The van der Waals surface area contributed by atoms with Crippen LogP contribution in [0.5, 0.6) is 5.75 Å². The second-order valence-electron chi connectivity index (χ2n) is 6.90. The van der Waals surface area contributed by atoms with Crippen molar-refractivity contribution >= 4 is 11.8 Å². The van der Waals surface area contributed by atoms with E-state index in [-0.39, 0.29) is 11.8 Å². The molecule has 0 bridgehead atoms. The molecular formula is C22H26N2O3. The molecule has 0 unspecified atom stereocenters. The van der Waals surface area contributed by atoms with E-state index in [2.05, 4.69) is 11.4 Å². The maximum atomic E-state index is 12.3. The Hall–Kier alpha value is -2.82. The second kappa shape index (κ2) is 9.21. The third kappa shape index (κ3) is 5.58. The van der Waals surface area contributed by atoms with E-state index in [1.54, 1.807) is 12.1 Å². The molecule has 1 fully saturated rings. The highest BCUT2D eigenvalue weighted by atomic mass is 16.5. The van der Waals surface area contributed by atoms with E-state index in [1.165, 1.54) is 5.56 Å². The number of benzene rings is 2. The zero-order chi connectivity index (χ0) is 19.1. The van der Waals surface area contributed by atoms with E-state index in [4.69, 9.17) is 4.74 Å². The summed E-state index contributed by atoms with van der Waals surface area (Å²) in [5.74, 6) is 0.773. The Kier molecular flexibility index (Phi) is 6.47. The molecule has 0 atom stereocenters. The van der Waals surface area contributed by atoms with Gasteiger partial charge in [-0.15, -0.1) is 0 Å². The molecule has 0 spiro atoms. The summed E-state index contributed by atoms with van der Waals surface area (Å²) in [5.41, 5.74) is 2.87. The highest BCUT2D eigenvalue weighted by molar-refractivity contribution is 5.94. The monoisotopic (exact) mass is 366 g/mol. The lowest BCUT2D eigenvalue weighted by atomic mass is 10.1. The standard InChI is InChI=1S/C22H26N2O3/c1-17-6-2-7-18(14-17)16-27-20-9-3-8-19(15-20)22(26)23-11-5-13-24-12-4-10-21(24)25/h2-3,6-9,14-15H,4-5,10-13,16H2,1H3,(H,23,26). The van der Waals surface area contributed by atoms with E-state index in [0.717, 1.165) is 24.9 Å². The number of nitrogens with one attached hydrogen (secondary N) is 1. The third-order valence-corrected chi connectivity index (χ3v) is 4.65. The van der Waals surface area contributed by atoms with Gasteiger partial charge in [-0.25, -0.2) is 0 Å². The Morgan fingerprint density at radius 3 is 2.81 bits per heavy atom. The molecule has 1 heterocycles. The highest BCUT2D eigenvalue weighted by Crippen LogP contribution is 2.16. The first-order valence-corrected chi connectivity index (χ1v) is 9.46. The highest BCUT2D eigenvalue weighted by Gasteiger charge is 2.19. The summed E-state index contributed by atoms with van der Waals surface area (Å²) in [6.45, 7) is 4.62. The lowest BCUT2D eigenvalue weighted by molar-refractivity contribution is -0.127. The number of carbonyl (C=O) groups is 2. The molecule has 5 nitrogen and oxygen atoms in total. The minimum absolute atomic E-state index is 0.122. The third-order valence-electron chi connectivity index (χ3n) is 4.65. The first kappa shape index (κ1) is 19.0. The molecule has 1 aliphatic rings. The van der Waals surface area contributed by atoms with Gasteiger partial charge in [-0.05, 0) is 43.5 Å². The van der Waals surface area contributed by atoms with E-state index in [9.17, 15) is 9.59 Å². The lowest BCUT2D eigenvalue weighted by Crippen LogP contribution is -2.30. The molecule has 1 aliphatic heterocycles. The van der Waals surface area contributed by atoms with Gasteiger partial charge in [0.1, 0.15) is 12.4 Å². The van der Waals surface area contributed by atoms with Gasteiger partial charge in [0.25, 0.3) is 5.91 Å². The SMILES string of the molecule is Cc1cccc(COc2cccc(C(=O)NCCCN3CCCC3=O)c2)c1. The number of hydrogen-bond donors (Lipinski definition) is 1. The van der Waals surface area contributed by atoms with Crippen LogP contribution in [-0.2, 0) is 11.4 Å². The molecule has 2 amide bonds. The van der Waals surface area contributed by atoms with E-state index < -0.39 is 0 Å². The van der Waals surface area contributed by atoms with Crippen LogP contribution in [0.15, 0.2) is 48.5 Å². The number of carbonyl (C=O) groups excluding carboxylic acids is 2. The van der Waals surface area contributed by atoms with Crippen molar-refractivity contribution in [2.24, 2.45) is 0 Å². The quantitative estimate of drug-likeness (QED) is 0.729. The molecule has 5 heteroatoms. The number of aryl methyl sites for hydroxylation is 1. The van der Waals surface area contributed by atoms with Crippen molar-refractivity contribution in [2.75, 3.05) is 19.6 Å². The zero-order valence-electron chi connectivity index (χ0n) is 15.7. The van der Waals surface area contributed by atoms with Gasteiger partial charge in [0.2, 0.25) is 5.91 Å². The molecule has 0 aliphatic carbocycles. The molecule has 1 N–H and O–H groups in total. The van der Waals surface area contributed by atoms with Gasteiger partial charge in [-0.1, -0.05) is 35.9 Å². The van der Waals surface area contributed by atoms with Crippen molar-refractivity contribution in [3.05, 3.63) is 65.2 Å². The Morgan fingerprint density at radius 2 is 2.04 bits per heavy atom. The fraction of sp³-hybridized carbons (Fsp3) is 0.364. The van der Waals surface area contributed by atoms with Crippen molar-refractivity contribution in [3.63, 3.8) is 0 Å². The molecule has 27 heavy (non-hydrogen) atoms. The molecule has 142 valence electrons. The summed E-state index contributed by atoms with van der Waals surface area (Å²) in [5, 5.41) is 2.91. The summed E-state index contributed by atoms with van der Waals surface area (Å²) in [4.78, 5) is 25.8. The fourth-order valence-corrected chi connectivity index (χ4v) is 3.21. The van der Waals surface area contributed by atoms with Crippen LogP contribution in [-0.4, -0.2) is 36.3 Å². The van der Waals surface area contributed by atoms with Gasteiger partial charge in [0.15, 0.2) is 0 Å². The van der Waals surface area contributed by atoms with Crippen LogP contribution in [0.3, 0.4) is 0 Å². The summed E-state index contributed by atoms with van der Waals surface area (Å²) in [6, 6.07) is 15.4. The van der Waals surface area contributed by atoms with Gasteiger partial charge < -0.3 is 15.0 Å². The zero-order valence-corrected chi connectivity index (χ0v) is 15.7.